The first kappa shape index (κ1) is 17.7. The molecule has 1 saturated heterocycles. The minimum atomic E-state index is -0.436. The van der Waals surface area contributed by atoms with Crippen molar-refractivity contribution in [3.05, 3.63) is 34.9 Å². The summed E-state index contributed by atoms with van der Waals surface area (Å²) in [7, 11) is 0. The summed E-state index contributed by atoms with van der Waals surface area (Å²) >= 11 is 5.85. The van der Waals surface area contributed by atoms with Crippen LogP contribution in [-0.2, 0) is 16.0 Å². The summed E-state index contributed by atoms with van der Waals surface area (Å²) in [6, 6.07) is 7.99. The van der Waals surface area contributed by atoms with E-state index in [9.17, 15) is 4.79 Å². The number of ketones is 1. The molecule has 1 fully saturated rings. The number of hydrogen-bond donors (Lipinski definition) is 1. The molecular weight excluding hydrogens is 286 g/mol. The van der Waals surface area contributed by atoms with Gasteiger partial charge < -0.3 is 10.1 Å². The second-order valence-corrected chi connectivity index (χ2v) is 4.93. The van der Waals surface area contributed by atoms with Gasteiger partial charge in [0.15, 0.2) is 0 Å². The fourth-order valence-corrected chi connectivity index (χ4v) is 2.16. The van der Waals surface area contributed by atoms with E-state index in [2.05, 4.69) is 17.2 Å². The Morgan fingerprint density at radius 2 is 2.05 bits per heavy atom. The van der Waals surface area contributed by atoms with Crippen LogP contribution in [0.5, 0.6) is 0 Å². The lowest BCUT2D eigenvalue weighted by atomic mass is 10.0. The van der Waals surface area contributed by atoms with Crippen LogP contribution >= 0.6 is 11.6 Å². The Labute approximate surface area is 132 Å². The van der Waals surface area contributed by atoms with E-state index in [0.29, 0.717) is 13.2 Å². The molecule has 1 aliphatic rings. The monoisotopic (exact) mass is 307 g/mol. The van der Waals surface area contributed by atoms with Gasteiger partial charge in [-0.3, -0.25) is 4.79 Å². The third kappa shape index (κ3) is 5.89. The highest BCUT2D eigenvalue weighted by Gasteiger charge is 2.25. The minimum absolute atomic E-state index is 0.153. The first-order valence-corrected chi connectivity index (χ1v) is 7.63. The standard InChI is InChI=1S/C15H16ClNO2.C2H6/c1-2-3-14(18)15-9-17-13(10-19-15)8-11-4-6-12(16)7-5-11;1-2/h4-7,13,15,17H,8-10H2,1H3;1-2H3. The van der Waals surface area contributed by atoms with Crippen molar-refractivity contribution >= 4 is 17.4 Å². The van der Waals surface area contributed by atoms with Gasteiger partial charge in [-0.05, 0) is 37.0 Å². The van der Waals surface area contributed by atoms with Gasteiger partial charge in [0, 0.05) is 17.6 Å². The van der Waals surface area contributed by atoms with Crippen LogP contribution in [0.15, 0.2) is 24.3 Å². The molecular formula is C17H22ClNO2. The summed E-state index contributed by atoms with van der Waals surface area (Å²) in [6.07, 6.45) is 0.422. The number of Topliss-reactive ketones (excluding diaryl/α,β-unsaturated/α-hetero) is 1. The van der Waals surface area contributed by atoms with E-state index < -0.39 is 6.10 Å². The Bertz CT molecular complexity index is 494. The van der Waals surface area contributed by atoms with Crippen LogP contribution < -0.4 is 5.32 Å². The third-order valence-corrected chi connectivity index (χ3v) is 3.28. The van der Waals surface area contributed by atoms with Gasteiger partial charge in [-0.15, -0.1) is 0 Å². The van der Waals surface area contributed by atoms with Crippen molar-refractivity contribution in [3.8, 4) is 11.8 Å². The van der Waals surface area contributed by atoms with Crippen molar-refractivity contribution in [2.45, 2.75) is 39.3 Å². The van der Waals surface area contributed by atoms with Crippen LogP contribution in [0.25, 0.3) is 0 Å². The second kappa shape index (κ2) is 9.57. The maximum absolute atomic E-state index is 11.5. The van der Waals surface area contributed by atoms with Crippen LogP contribution in [0.1, 0.15) is 26.3 Å². The van der Waals surface area contributed by atoms with E-state index in [4.69, 9.17) is 16.3 Å². The molecule has 1 aliphatic heterocycles. The summed E-state index contributed by atoms with van der Waals surface area (Å²) in [5, 5.41) is 4.06. The number of carbonyl (C=O) groups is 1. The van der Waals surface area contributed by atoms with E-state index in [1.54, 1.807) is 6.92 Å². The van der Waals surface area contributed by atoms with Crippen molar-refractivity contribution in [2.75, 3.05) is 13.2 Å². The fourth-order valence-electron chi connectivity index (χ4n) is 2.03. The minimum Gasteiger partial charge on any atom is -0.366 e. The Morgan fingerprint density at radius 1 is 1.38 bits per heavy atom. The molecule has 0 aromatic heterocycles. The highest BCUT2D eigenvalue weighted by Crippen LogP contribution is 2.13. The number of nitrogens with one attached hydrogen (secondary N) is 1. The number of carbonyl (C=O) groups excluding carboxylic acids is 1. The van der Waals surface area contributed by atoms with E-state index in [0.717, 1.165) is 11.4 Å². The average Bonchev–Trinajstić information content (AvgIpc) is 2.52. The quantitative estimate of drug-likeness (QED) is 0.689. The molecule has 0 amide bonds. The summed E-state index contributed by atoms with van der Waals surface area (Å²) in [5.41, 5.74) is 1.20. The molecule has 1 aromatic carbocycles. The lowest BCUT2D eigenvalue weighted by Crippen LogP contribution is -2.49. The van der Waals surface area contributed by atoms with Crippen molar-refractivity contribution in [1.82, 2.24) is 5.32 Å². The molecule has 3 nitrogen and oxygen atoms in total. The van der Waals surface area contributed by atoms with E-state index in [1.165, 1.54) is 5.56 Å². The lowest BCUT2D eigenvalue weighted by molar-refractivity contribution is -0.127. The fraction of sp³-hybridized carbons (Fsp3) is 0.471. The molecule has 0 bridgehead atoms. The topological polar surface area (TPSA) is 38.3 Å². The first-order chi connectivity index (χ1) is 10.2. The summed E-state index contributed by atoms with van der Waals surface area (Å²) in [6.45, 7) is 6.69. The first-order valence-electron chi connectivity index (χ1n) is 7.25. The molecule has 0 saturated carbocycles. The molecule has 4 heteroatoms. The summed E-state index contributed by atoms with van der Waals surface area (Å²) < 4.78 is 5.56. The smallest absolute Gasteiger partial charge is 0.235 e. The summed E-state index contributed by atoms with van der Waals surface area (Å²) in [4.78, 5) is 11.5. The SMILES string of the molecule is CC.CC#CC(=O)C1CNC(Cc2ccc(Cl)cc2)CO1. The number of hydrogen-bond acceptors (Lipinski definition) is 3. The highest BCUT2D eigenvalue weighted by atomic mass is 35.5. The van der Waals surface area contributed by atoms with Crippen molar-refractivity contribution < 1.29 is 9.53 Å². The van der Waals surface area contributed by atoms with Crippen LogP contribution in [0.2, 0.25) is 5.02 Å². The predicted molar refractivity (Wildman–Crippen MR) is 86.5 cm³/mol. The van der Waals surface area contributed by atoms with Gasteiger partial charge in [0.1, 0.15) is 6.10 Å². The van der Waals surface area contributed by atoms with Gasteiger partial charge in [0.05, 0.1) is 6.61 Å². The molecule has 1 N–H and O–H groups in total. The number of morpholine rings is 1. The molecule has 1 aromatic rings. The second-order valence-electron chi connectivity index (χ2n) is 4.50. The summed E-state index contributed by atoms with van der Waals surface area (Å²) in [5.74, 6) is 4.97. The van der Waals surface area contributed by atoms with Crippen molar-refractivity contribution in [1.29, 1.82) is 0 Å². The van der Waals surface area contributed by atoms with Gasteiger partial charge in [-0.2, -0.15) is 0 Å². The van der Waals surface area contributed by atoms with Crippen molar-refractivity contribution in [2.24, 2.45) is 0 Å². The van der Waals surface area contributed by atoms with E-state index in [1.807, 2.05) is 38.1 Å². The maximum Gasteiger partial charge on any atom is 0.235 e. The predicted octanol–water partition coefficient (Wildman–Crippen LogP) is 2.86. The van der Waals surface area contributed by atoms with Gasteiger partial charge in [0.2, 0.25) is 5.78 Å². The van der Waals surface area contributed by atoms with Crippen LogP contribution in [0.4, 0.5) is 0 Å². The van der Waals surface area contributed by atoms with Gasteiger partial charge in [0.25, 0.3) is 0 Å². The number of rotatable bonds is 3. The zero-order valence-corrected chi connectivity index (χ0v) is 13.5. The van der Waals surface area contributed by atoms with Gasteiger partial charge in [-0.25, -0.2) is 0 Å². The molecule has 0 radical (unpaired) electrons. The Morgan fingerprint density at radius 3 is 2.57 bits per heavy atom. The highest BCUT2D eigenvalue weighted by molar-refractivity contribution is 6.30. The lowest BCUT2D eigenvalue weighted by Gasteiger charge is -2.28. The normalized spacial score (nSPS) is 20.6. The molecule has 114 valence electrons. The number of halogens is 1. The molecule has 21 heavy (non-hydrogen) atoms. The molecule has 2 unspecified atom stereocenters. The van der Waals surface area contributed by atoms with Crippen LogP contribution in [0.3, 0.4) is 0 Å². The zero-order valence-electron chi connectivity index (χ0n) is 12.8. The van der Waals surface area contributed by atoms with E-state index in [-0.39, 0.29) is 11.8 Å². The van der Waals surface area contributed by atoms with E-state index >= 15 is 0 Å². The maximum atomic E-state index is 11.5. The van der Waals surface area contributed by atoms with Gasteiger partial charge >= 0.3 is 0 Å². The average molecular weight is 308 g/mol. The molecule has 1 heterocycles. The molecule has 2 atom stereocenters. The van der Waals surface area contributed by atoms with Crippen molar-refractivity contribution in [3.63, 3.8) is 0 Å². The largest absolute Gasteiger partial charge is 0.366 e. The Hall–Kier alpha value is -1.34. The number of benzene rings is 1. The molecule has 0 spiro atoms. The Kier molecular flexibility index (Phi) is 8.07. The third-order valence-electron chi connectivity index (χ3n) is 3.03. The van der Waals surface area contributed by atoms with Gasteiger partial charge in [-0.1, -0.05) is 43.5 Å². The zero-order chi connectivity index (χ0) is 15.7. The molecule has 2 rings (SSSR count). The molecule has 0 aliphatic carbocycles. The Balaban J connectivity index is 0.00000106. The number of ether oxygens (including phenoxy) is 1. The van der Waals surface area contributed by atoms with Crippen LogP contribution in [-0.4, -0.2) is 31.1 Å². The van der Waals surface area contributed by atoms with Crippen LogP contribution in [0, 0.1) is 11.8 Å².